The van der Waals surface area contributed by atoms with Crippen LogP contribution in [0.5, 0.6) is 0 Å². The highest BCUT2D eigenvalue weighted by atomic mass is 28.4. The number of aryl methyl sites for hydroxylation is 2. The number of likely N-dealkylation sites (tertiary alicyclic amines) is 1. The standard InChI is InChI=1S/C43H56N4O2Si/c1-32-14-12-20-39(33(32)2)45-27-22-34(23-28-45)24-31-47-40-21-13-19-38(40)41(44-47)42(48)46-29-25-35(26-30-46)49-50(43(3,4)5,36-15-8-6-9-16-36)37-17-10-7-11-18-37/h6-12,14-18,20,34-35H,13,19,21-31H2,1-5H3. The van der Waals surface area contributed by atoms with Gasteiger partial charge in [0.15, 0.2) is 5.69 Å². The maximum absolute atomic E-state index is 14.1. The predicted octanol–water partition coefficient (Wildman–Crippen LogP) is 7.48. The molecule has 1 amide bonds. The first-order chi connectivity index (χ1) is 24.2. The van der Waals surface area contributed by atoms with Crippen molar-refractivity contribution < 1.29 is 9.22 Å². The fourth-order valence-corrected chi connectivity index (χ4v) is 13.7. The fraction of sp³-hybridized carbons (Fsp3) is 0.488. The molecule has 2 fully saturated rings. The zero-order chi connectivity index (χ0) is 34.9. The molecule has 0 bridgehead atoms. The topological polar surface area (TPSA) is 50.6 Å². The van der Waals surface area contributed by atoms with Gasteiger partial charge in [-0.05, 0) is 104 Å². The van der Waals surface area contributed by atoms with E-state index in [1.54, 1.807) is 0 Å². The molecule has 7 heteroatoms. The van der Waals surface area contributed by atoms with Crippen LogP contribution in [0.2, 0.25) is 5.04 Å². The SMILES string of the molecule is Cc1cccc(N2CCC(CCn3nc(C(=O)N4CCC(O[Si](c5ccccc5)(c5ccccc5)C(C)(C)C)CC4)c4c3CCC4)CC2)c1C. The van der Waals surface area contributed by atoms with E-state index in [0.717, 1.165) is 58.2 Å². The monoisotopic (exact) mass is 688 g/mol. The number of carbonyl (C=O) groups is 1. The number of hydrogen-bond acceptors (Lipinski definition) is 4. The Bertz CT molecular complexity index is 1720. The minimum Gasteiger partial charge on any atom is -0.404 e. The molecule has 50 heavy (non-hydrogen) atoms. The number of aromatic nitrogens is 2. The van der Waals surface area contributed by atoms with Crippen LogP contribution >= 0.6 is 0 Å². The smallest absolute Gasteiger partial charge is 0.274 e. The van der Waals surface area contributed by atoms with Crippen LogP contribution in [-0.4, -0.2) is 61.2 Å². The minimum atomic E-state index is -2.63. The molecule has 264 valence electrons. The first-order valence-corrected chi connectivity index (χ1v) is 21.0. The lowest BCUT2D eigenvalue weighted by Gasteiger charge is -2.46. The van der Waals surface area contributed by atoms with E-state index in [1.165, 1.54) is 51.3 Å². The maximum atomic E-state index is 14.1. The Labute approximate surface area is 301 Å². The summed E-state index contributed by atoms with van der Waals surface area (Å²) in [4.78, 5) is 18.7. The van der Waals surface area contributed by atoms with Gasteiger partial charge in [-0.3, -0.25) is 9.48 Å². The predicted molar refractivity (Wildman–Crippen MR) is 207 cm³/mol. The van der Waals surface area contributed by atoms with Gasteiger partial charge in [0.05, 0.1) is 0 Å². The minimum absolute atomic E-state index is 0.0624. The number of carbonyl (C=O) groups excluding carboxylic acids is 1. The third kappa shape index (κ3) is 6.71. The average molecular weight is 689 g/mol. The van der Waals surface area contributed by atoms with E-state index in [4.69, 9.17) is 9.52 Å². The number of piperidine rings is 2. The summed E-state index contributed by atoms with van der Waals surface area (Å²) in [6.07, 6.45) is 8.49. The normalized spacial score (nSPS) is 17.7. The summed E-state index contributed by atoms with van der Waals surface area (Å²) in [6.45, 7) is 16.0. The molecule has 1 aliphatic carbocycles. The first kappa shape index (κ1) is 34.8. The van der Waals surface area contributed by atoms with Gasteiger partial charge in [0.1, 0.15) is 0 Å². The van der Waals surface area contributed by atoms with Gasteiger partial charge in [0.2, 0.25) is 0 Å². The summed E-state index contributed by atoms with van der Waals surface area (Å²) in [5.41, 5.74) is 7.42. The molecular formula is C43H56N4O2Si. The van der Waals surface area contributed by atoms with Gasteiger partial charge in [-0.15, -0.1) is 0 Å². The van der Waals surface area contributed by atoms with E-state index < -0.39 is 8.32 Å². The van der Waals surface area contributed by atoms with Gasteiger partial charge >= 0.3 is 0 Å². The number of nitrogens with zero attached hydrogens (tertiary/aromatic N) is 4. The number of amides is 1. The molecule has 0 unspecified atom stereocenters. The van der Waals surface area contributed by atoms with E-state index in [9.17, 15) is 4.79 Å². The summed E-state index contributed by atoms with van der Waals surface area (Å²) in [5, 5.41) is 7.61. The molecular weight excluding hydrogens is 633 g/mol. The maximum Gasteiger partial charge on any atom is 0.274 e. The highest BCUT2D eigenvalue weighted by molar-refractivity contribution is 6.99. The zero-order valence-corrected chi connectivity index (χ0v) is 32.0. The number of rotatable bonds is 9. The van der Waals surface area contributed by atoms with Crippen molar-refractivity contribution in [3.63, 3.8) is 0 Å². The van der Waals surface area contributed by atoms with E-state index >= 15 is 0 Å². The van der Waals surface area contributed by atoms with Crippen LogP contribution in [0.15, 0.2) is 78.9 Å². The van der Waals surface area contributed by atoms with Crippen LogP contribution in [0.25, 0.3) is 0 Å². The van der Waals surface area contributed by atoms with Crippen LogP contribution in [0.3, 0.4) is 0 Å². The Balaban J connectivity index is 0.997. The molecule has 3 aromatic carbocycles. The number of hydrogen-bond donors (Lipinski definition) is 0. The molecule has 3 heterocycles. The van der Waals surface area contributed by atoms with E-state index in [-0.39, 0.29) is 17.0 Å². The van der Waals surface area contributed by atoms with Crippen LogP contribution in [0.4, 0.5) is 5.69 Å². The molecule has 0 spiro atoms. The third-order valence-electron chi connectivity index (χ3n) is 12.0. The van der Waals surface area contributed by atoms with Crippen LogP contribution in [0.1, 0.15) is 92.2 Å². The number of fused-ring (bicyclic) bond motifs is 1. The molecule has 6 nitrogen and oxygen atoms in total. The van der Waals surface area contributed by atoms with Crippen molar-refractivity contribution in [3.8, 4) is 0 Å². The van der Waals surface area contributed by atoms with E-state index in [0.29, 0.717) is 24.7 Å². The summed E-state index contributed by atoms with van der Waals surface area (Å²) >= 11 is 0. The van der Waals surface area contributed by atoms with Crippen LogP contribution in [-0.2, 0) is 23.8 Å². The fourth-order valence-electron chi connectivity index (χ4n) is 8.98. The second kappa shape index (κ2) is 14.5. The molecule has 2 aliphatic heterocycles. The number of anilines is 1. The third-order valence-corrected chi connectivity index (χ3v) is 17.1. The van der Waals surface area contributed by atoms with Crippen molar-refractivity contribution in [2.75, 3.05) is 31.1 Å². The summed E-state index contributed by atoms with van der Waals surface area (Å²) in [7, 11) is -2.63. The molecule has 0 saturated carbocycles. The molecule has 1 aromatic heterocycles. The highest BCUT2D eigenvalue weighted by Gasteiger charge is 2.51. The van der Waals surface area contributed by atoms with E-state index in [1.807, 2.05) is 0 Å². The Morgan fingerprint density at radius 1 is 0.820 bits per heavy atom. The first-order valence-electron chi connectivity index (χ1n) is 19.1. The quantitative estimate of drug-likeness (QED) is 0.171. The summed E-state index contributed by atoms with van der Waals surface area (Å²) in [6, 6.07) is 28.5. The lowest BCUT2D eigenvalue weighted by atomic mass is 9.92. The molecule has 4 aromatic rings. The molecule has 7 rings (SSSR count). The summed E-state index contributed by atoms with van der Waals surface area (Å²) in [5.74, 6) is 0.818. The highest BCUT2D eigenvalue weighted by Crippen LogP contribution is 2.39. The Morgan fingerprint density at radius 2 is 1.46 bits per heavy atom. The van der Waals surface area contributed by atoms with Crippen molar-refractivity contribution in [2.45, 2.75) is 104 Å². The van der Waals surface area contributed by atoms with Gasteiger partial charge in [-0.2, -0.15) is 5.10 Å². The van der Waals surface area contributed by atoms with Crippen molar-refractivity contribution in [1.29, 1.82) is 0 Å². The molecule has 0 radical (unpaired) electrons. The number of benzene rings is 3. The van der Waals surface area contributed by atoms with Crippen molar-refractivity contribution in [2.24, 2.45) is 5.92 Å². The van der Waals surface area contributed by atoms with Crippen molar-refractivity contribution >= 4 is 30.3 Å². The Kier molecular flexibility index (Phi) is 10.1. The van der Waals surface area contributed by atoms with Gasteiger partial charge in [0, 0.05) is 55.8 Å². The molecule has 0 N–H and O–H groups in total. The largest absolute Gasteiger partial charge is 0.404 e. The second-order valence-electron chi connectivity index (χ2n) is 16.1. The summed E-state index contributed by atoms with van der Waals surface area (Å²) < 4.78 is 9.65. The van der Waals surface area contributed by atoms with Crippen LogP contribution < -0.4 is 15.3 Å². The van der Waals surface area contributed by atoms with Gasteiger partial charge in [-0.1, -0.05) is 93.6 Å². The lowest BCUT2D eigenvalue weighted by Crippen LogP contribution is -2.68. The van der Waals surface area contributed by atoms with Crippen molar-refractivity contribution in [1.82, 2.24) is 14.7 Å². The molecule has 0 atom stereocenters. The lowest BCUT2D eigenvalue weighted by molar-refractivity contribution is 0.0570. The van der Waals surface area contributed by atoms with Gasteiger partial charge < -0.3 is 14.2 Å². The Morgan fingerprint density at radius 3 is 2.08 bits per heavy atom. The molecule has 2 saturated heterocycles. The Hall–Kier alpha value is -3.68. The molecule has 3 aliphatic rings. The average Bonchev–Trinajstić information content (AvgIpc) is 3.75. The second-order valence-corrected chi connectivity index (χ2v) is 20.3. The zero-order valence-electron chi connectivity index (χ0n) is 31.0. The van der Waals surface area contributed by atoms with E-state index in [2.05, 4.69) is 128 Å². The van der Waals surface area contributed by atoms with Crippen LogP contribution in [0, 0.1) is 19.8 Å². The van der Waals surface area contributed by atoms with Gasteiger partial charge in [-0.25, -0.2) is 0 Å². The van der Waals surface area contributed by atoms with Crippen molar-refractivity contribution in [3.05, 3.63) is 107 Å². The van der Waals surface area contributed by atoms with Gasteiger partial charge in [0.25, 0.3) is 14.2 Å².